The molecule has 0 amide bonds. The first-order valence-corrected chi connectivity index (χ1v) is 7.67. The number of sulfonamides is 1. The summed E-state index contributed by atoms with van der Waals surface area (Å²) in [6.45, 7) is 8.81. The zero-order valence-electron chi connectivity index (χ0n) is 11.1. The molecule has 0 aromatic heterocycles. The fraction of sp³-hybridized carbons (Fsp3) is 1.00. The first-order chi connectivity index (χ1) is 7.90. The molecule has 0 unspecified atom stereocenters. The monoisotopic (exact) mass is 264 g/mol. The summed E-state index contributed by atoms with van der Waals surface area (Å²) in [5, 5.41) is -0.504. The van der Waals surface area contributed by atoms with Gasteiger partial charge in [-0.1, -0.05) is 13.8 Å². The van der Waals surface area contributed by atoms with E-state index in [-0.39, 0.29) is 12.6 Å². The Morgan fingerprint density at radius 3 is 2.59 bits per heavy atom. The minimum Gasteiger partial charge on any atom is -0.383 e. The lowest BCUT2D eigenvalue weighted by molar-refractivity contribution is 0.200. The minimum absolute atomic E-state index is 0.0271. The van der Waals surface area contributed by atoms with Crippen LogP contribution in [-0.2, 0) is 14.8 Å². The average Bonchev–Trinajstić information content (AvgIpc) is 2.59. The second kappa shape index (κ2) is 6.13. The topological polar surface area (TPSA) is 58.6 Å². The molecule has 0 aromatic rings. The summed E-state index contributed by atoms with van der Waals surface area (Å²) in [5.74, 6) is 0.361. The number of nitrogens with zero attached hydrogens (tertiary/aromatic N) is 1. The van der Waals surface area contributed by atoms with Crippen LogP contribution in [0.4, 0.5) is 0 Å². The van der Waals surface area contributed by atoms with E-state index in [1.54, 1.807) is 6.92 Å². The maximum atomic E-state index is 12.0. The van der Waals surface area contributed by atoms with Gasteiger partial charge < -0.3 is 9.64 Å². The van der Waals surface area contributed by atoms with Gasteiger partial charge in [0.05, 0.1) is 11.9 Å². The Kier molecular flexibility index (Phi) is 5.37. The standard InChI is InChI=1S/C11H24N2O3S/c1-5-13-6-9(2)11(7-13)12-17(14,15)10(3)8-16-4/h9-12H,5-8H2,1-4H3/t9-,10-,11+/m0/s1. The SMILES string of the molecule is CCN1C[C@H](C)[C@H](NS(=O)(=O)[C@@H](C)COC)C1. The molecule has 5 nitrogen and oxygen atoms in total. The molecule has 17 heavy (non-hydrogen) atoms. The molecule has 0 spiro atoms. The lowest BCUT2D eigenvalue weighted by Gasteiger charge is -2.20. The van der Waals surface area contributed by atoms with Gasteiger partial charge in [0.25, 0.3) is 0 Å². The number of nitrogens with one attached hydrogen (secondary N) is 1. The highest BCUT2D eigenvalue weighted by atomic mass is 32.2. The average molecular weight is 264 g/mol. The van der Waals surface area contributed by atoms with Gasteiger partial charge in [-0.05, 0) is 19.4 Å². The maximum Gasteiger partial charge on any atom is 0.216 e. The van der Waals surface area contributed by atoms with Crippen LogP contribution in [0.25, 0.3) is 0 Å². The van der Waals surface area contributed by atoms with Crippen LogP contribution in [0.5, 0.6) is 0 Å². The van der Waals surface area contributed by atoms with Crippen LogP contribution in [0, 0.1) is 5.92 Å². The fourth-order valence-corrected chi connectivity index (χ4v) is 3.41. The molecule has 1 rings (SSSR count). The molecule has 1 N–H and O–H groups in total. The van der Waals surface area contributed by atoms with Gasteiger partial charge in [0.2, 0.25) is 10.0 Å². The van der Waals surface area contributed by atoms with Crippen LogP contribution in [-0.4, -0.2) is 58.0 Å². The third kappa shape index (κ3) is 3.91. The van der Waals surface area contributed by atoms with Crippen LogP contribution >= 0.6 is 0 Å². The van der Waals surface area contributed by atoms with E-state index in [2.05, 4.69) is 23.5 Å². The van der Waals surface area contributed by atoms with E-state index in [1.165, 1.54) is 7.11 Å². The van der Waals surface area contributed by atoms with Crippen molar-refractivity contribution in [3.63, 3.8) is 0 Å². The molecule has 1 saturated heterocycles. The molecule has 1 aliphatic heterocycles. The highest BCUT2D eigenvalue weighted by molar-refractivity contribution is 7.90. The van der Waals surface area contributed by atoms with Crippen LogP contribution in [0.2, 0.25) is 0 Å². The van der Waals surface area contributed by atoms with Crippen LogP contribution in [0.3, 0.4) is 0 Å². The normalized spacial score (nSPS) is 28.5. The summed E-state index contributed by atoms with van der Waals surface area (Å²) < 4.78 is 31.7. The lowest BCUT2D eigenvalue weighted by Crippen LogP contribution is -2.44. The number of hydrogen-bond donors (Lipinski definition) is 1. The Balaban J connectivity index is 2.59. The van der Waals surface area contributed by atoms with E-state index in [0.717, 1.165) is 19.6 Å². The summed E-state index contributed by atoms with van der Waals surface area (Å²) in [7, 11) is -1.76. The number of likely N-dealkylation sites (N-methyl/N-ethyl adjacent to an activating group) is 1. The van der Waals surface area contributed by atoms with Crippen molar-refractivity contribution in [2.24, 2.45) is 5.92 Å². The van der Waals surface area contributed by atoms with Gasteiger partial charge >= 0.3 is 0 Å². The largest absolute Gasteiger partial charge is 0.383 e. The number of rotatable bonds is 6. The van der Waals surface area contributed by atoms with E-state index < -0.39 is 15.3 Å². The van der Waals surface area contributed by atoms with Gasteiger partial charge in [0, 0.05) is 26.2 Å². The molecule has 0 saturated carbocycles. The van der Waals surface area contributed by atoms with Gasteiger partial charge in [-0.15, -0.1) is 0 Å². The summed E-state index contributed by atoms with van der Waals surface area (Å²) in [6, 6.07) is 0.0271. The maximum absolute atomic E-state index is 12.0. The fourth-order valence-electron chi connectivity index (χ4n) is 2.13. The van der Waals surface area contributed by atoms with Crippen molar-refractivity contribution in [3.05, 3.63) is 0 Å². The first-order valence-electron chi connectivity index (χ1n) is 6.13. The molecule has 3 atom stereocenters. The molecule has 1 aliphatic rings. The lowest BCUT2D eigenvalue weighted by atomic mass is 10.1. The van der Waals surface area contributed by atoms with E-state index in [1.807, 2.05) is 0 Å². The zero-order valence-corrected chi connectivity index (χ0v) is 12.0. The smallest absolute Gasteiger partial charge is 0.216 e. The Morgan fingerprint density at radius 2 is 2.12 bits per heavy atom. The first kappa shape index (κ1) is 14.9. The van der Waals surface area contributed by atoms with E-state index in [9.17, 15) is 8.42 Å². The third-order valence-corrected chi connectivity index (χ3v) is 5.21. The molecule has 0 bridgehead atoms. The van der Waals surface area contributed by atoms with Gasteiger partial charge in [-0.3, -0.25) is 0 Å². The molecule has 0 radical (unpaired) electrons. The van der Waals surface area contributed by atoms with Crippen molar-refractivity contribution in [2.45, 2.75) is 32.1 Å². The number of hydrogen-bond acceptors (Lipinski definition) is 4. The quantitative estimate of drug-likeness (QED) is 0.749. The Hall–Kier alpha value is -0.170. The molecular formula is C11H24N2O3S. The van der Waals surface area contributed by atoms with Crippen molar-refractivity contribution in [1.82, 2.24) is 9.62 Å². The molecule has 6 heteroatoms. The van der Waals surface area contributed by atoms with Crippen molar-refractivity contribution in [2.75, 3.05) is 33.4 Å². The van der Waals surface area contributed by atoms with Crippen LogP contribution < -0.4 is 4.72 Å². The van der Waals surface area contributed by atoms with Crippen molar-refractivity contribution in [3.8, 4) is 0 Å². The van der Waals surface area contributed by atoms with E-state index in [0.29, 0.717) is 5.92 Å². The van der Waals surface area contributed by atoms with Crippen LogP contribution in [0.1, 0.15) is 20.8 Å². The predicted octanol–water partition coefficient (Wildman–Crippen LogP) is 0.281. The predicted molar refractivity (Wildman–Crippen MR) is 68.5 cm³/mol. The summed E-state index contributed by atoms with van der Waals surface area (Å²) in [5.41, 5.74) is 0. The number of ether oxygens (including phenoxy) is 1. The van der Waals surface area contributed by atoms with E-state index >= 15 is 0 Å². The third-order valence-electron chi connectivity index (χ3n) is 3.38. The van der Waals surface area contributed by atoms with Crippen molar-refractivity contribution in [1.29, 1.82) is 0 Å². The van der Waals surface area contributed by atoms with Gasteiger partial charge in [-0.2, -0.15) is 0 Å². The summed E-state index contributed by atoms with van der Waals surface area (Å²) >= 11 is 0. The Morgan fingerprint density at radius 1 is 1.47 bits per heavy atom. The second-order valence-electron chi connectivity index (χ2n) is 4.86. The highest BCUT2D eigenvalue weighted by Gasteiger charge is 2.33. The van der Waals surface area contributed by atoms with Crippen LogP contribution in [0.15, 0.2) is 0 Å². The van der Waals surface area contributed by atoms with Gasteiger partial charge in [0.1, 0.15) is 0 Å². The van der Waals surface area contributed by atoms with Crippen molar-refractivity contribution < 1.29 is 13.2 Å². The zero-order chi connectivity index (χ0) is 13.1. The molecule has 0 aromatic carbocycles. The van der Waals surface area contributed by atoms with Gasteiger partial charge in [0.15, 0.2) is 0 Å². The number of methoxy groups -OCH3 is 1. The number of likely N-dealkylation sites (tertiary alicyclic amines) is 1. The van der Waals surface area contributed by atoms with Crippen molar-refractivity contribution >= 4 is 10.0 Å². The van der Waals surface area contributed by atoms with Gasteiger partial charge in [-0.25, -0.2) is 13.1 Å². The summed E-state index contributed by atoms with van der Waals surface area (Å²) in [4.78, 5) is 2.26. The molecule has 1 heterocycles. The molecule has 0 aliphatic carbocycles. The second-order valence-corrected chi connectivity index (χ2v) is 7.00. The highest BCUT2D eigenvalue weighted by Crippen LogP contribution is 2.17. The molecule has 1 fully saturated rings. The van der Waals surface area contributed by atoms with E-state index in [4.69, 9.17) is 4.74 Å². The Labute approximate surface area is 105 Å². The Bertz CT molecular complexity index is 332. The molecule has 102 valence electrons. The molecular weight excluding hydrogens is 240 g/mol. The minimum atomic E-state index is -3.27. The summed E-state index contributed by atoms with van der Waals surface area (Å²) in [6.07, 6.45) is 0.